The Hall–Kier alpha value is -4.34. The average molecular weight is 555 g/mol. The van der Waals surface area contributed by atoms with Gasteiger partial charge in [0.05, 0.1) is 24.3 Å². The van der Waals surface area contributed by atoms with Gasteiger partial charge in [-0.3, -0.25) is 0 Å². The number of rotatable bonds is 14. The highest BCUT2D eigenvalue weighted by Gasteiger charge is 2.18. The number of nitrogens with one attached hydrogen (secondary N) is 2. The van der Waals surface area contributed by atoms with Crippen LogP contribution in [0.3, 0.4) is 0 Å². The molecule has 0 aliphatic heterocycles. The molecule has 10 heteroatoms. The van der Waals surface area contributed by atoms with Crippen LogP contribution in [0, 0.1) is 0 Å². The monoisotopic (exact) mass is 554 g/mol. The topological polar surface area (TPSA) is 129 Å². The van der Waals surface area contributed by atoms with Crippen LogP contribution in [0.15, 0.2) is 72.8 Å². The largest absolute Gasteiger partial charge is 0.460 e. The fraction of sp³-hybridized carbons (Fsp3) is 0.400. The molecule has 0 radical (unpaired) electrons. The van der Waals surface area contributed by atoms with Crippen molar-refractivity contribution >= 4 is 24.1 Å². The summed E-state index contributed by atoms with van der Waals surface area (Å²) in [6.45, 7) is 6.64. The number of alkyl carbamates (subject to hydrolysis) is 2. The highest BCUT2D eigenvalue weighted by molar-refractivity contribution is 5.91. The standard InChI is InChI=1S/C30H38N2O8/c1-21(2)39-29(35)31-25(17-23-11-7-5-8-12-23)19-37-27(33)15-16-28(34)38-20-26(32-30(36)40-22(3)4)18-24-13-9-6-10-14-24/h5-16,21-22,25-26H,17-20H2,1-4H3,(H,31,35)(H,32,36)/b16-15+/t25-,26-/m0/s1. The molecular formula is C30H38N2O8. The summed E-state index contributed by atoms with van der Waals surface area (Å²) in [6, 6.07) is 17.7. The Labute approximate surface area is 235 Å². The lowest BCUT2D eigenvalue weighted by Gasteiger charge is -2.19. The number of hydrogen-bond donors (Lipinski definition) is 2. The molecule has 2 N–H and O–H groups in total. The van der Waals surface area contributed by atoms with Crippen LogP contribution in [0.2, 0.25) is 0 Å². The highest BCUT2D eigenvalue weighted by atomic mass is 16.6. The van der Waals surface area contributed by atoms with Gasteiger partial charge in [0.25, 0.3) is 0 Å². The second-order valence-corrected chi connectivity index (χ2v) is 9.56. The quantitative estimate of drug-likeness (QED) is 0.203. The molecular weight excluding hydrogens is 516 g/mol. The Morgan fingerprint density at radius 3 is 1.30 bits per heavy atom. The second-order valence-electron chi connectivity index (χ2n) is 9.56. The van der Waals surface area contributed by atoms with Crippen LogP contribution in [0.4, 0.5) is 9.59 Å². The minimum atomic E-state index is -0.784. The van der Waals surface area contributed by atoms with Gasteiger partial charge in [-0.2, -0.15) is 0 Å². The number of amides is 2. The van der Waals surface area contributed by atoms with Gasteiger partial charge in [-0.1, -0.05) is 60.7 Å². The van der Waals surface area contributed by atoms with Crippen LogP contribution in [0.1, 0.15) is 38.8 Å². The molecule has 2 rings (SSSR count). The molecule has 216 valence electrons. The Bertz CT molecular complexity index is 1020. The van der Waals surface area contributed by atoms with E-state index in [1.165, 1.54) is 0 Å². The predicted octanol–water partition coefficient (Wildman–Crippen LogP) is 4.12. The van der Waals surface area contributed by atoms with E-state index in [1.807, 2.05) is 60.7 Å². The highest BCUT2D eigenvalue weighted by Crippen LogP contribution is 2.07. The van der Waals surface area contributed by atoms with Crippen LogP contribution in [-0.4, -0.2) is 61.6 Å². The van der Waals surface area contributed by atoms with Crippen molar-refractivity contribution < 1.29 is 38.1 Å². The predicted molar refractivity (Wildman–Crippen MR) is 148 cm³/mol. The van der Waals surface area contributed by atoms with E-state index in [4.69, 9.17) is 18.9 Å². The molecule has 0 fully saturated rings. The fourth-order valence-electron chi connectivity index (χ4n) is 3.53. The number of benzene rings is 2. The van der Waals surface area contributed by atoms with E-state index in [0.717, 1.165) is 23.3 Å². The molecule has 40 heavy (non-hydrogen) atoms. The van der Waals surface area contributed by atoms with Crippen molar-refractivity contribution in [2.75, 3.05) is 13.2 Å². The first-order valence-electron chi connectivity index (χ1n) is 13.1. The smallest absolute Gasteiger partial charge is 0.407 e. The van der Waals surface area contributed by atoms with Crippen molar-refractivity contribution in [3.8, 4) is 0 Å². The SMILES string of the molecule is CC(C)OC(=O)N[C@H](COC(=O)/C=C/C(=O)OC[C@H](Cc1ccccc1)NC(=O)OC(C)C)Cc1ccccc1. The summed E-state index contributed by atoms with van der Waals surface area (Å²) in [5.74, 6) is -1.57. The summed E-state index contributed by atoms with van der Waals surface area (Å²) in [7, 11) is 0. The summed E-state index contributed by atoms with van der Waals surface area (Å²) in [5.41, 5.74) is 1.87. The van der Waals surface area contributed by atoms with Gasteiger partial charge in [-0.05, 0) is 51.7 Å². The lowest BCUT2D eigenvalue weighted by Crippen LogP contribution is -2.41. The molecule has 0 spiro atoms. The van der Waals surface area contributed by atoms with Crippen LogP contribution >= 0.6 is 0 Å². The van der Waals surface area contributed by atoms with Gasteiger partial charge in [0.1, 0.15) is 13.2 Å². The maximum Gasteiger partial charge on any atom is 0.407 e. The first-order valence-corrected chi connectivity index (χ1v) is 13.1. The number of carbonyl (C=O) groups excluding carboxylic acids is 4. The van der Waals surface area contributed by atoms with Gasteiger partial charge in [-0.15, -0.1) is 0 Å². The molecule has 0 heterocycles. The molecule has 0 unspecified atom stereocenters. The first kappa shape index (κ1) is 31.9. The average Bonchev–Trinajstić information content (AvgIpc) is 2.89. The molecule has 2 amide bonds. The third-order valence-corrected chi connectivity index (χ3v) is 5.19. The van der Waals surface area contributed by atoms with Crippen molar-refractivity contribution in [1.29, 1.82) is 0 Å². The summed E-state index contributed by atoms with van der Waals surface area (Å²) in [5, 5.41) is 5.40. The lowest BCUT2D eigenvalue weighted by molar-refractivity contribution is -0.141. The third-order valence-electron chi connectivity index (χ3n) is 5.19. The molecule has 0 bridgehead atoms. The Kier molecular flexibility index (Phi) is 13.8. The van der Waals surface area contributed by atoms with Crippen molar-refractivity contribution in [1.82, 2.24) is 10.6 Å². The number of ether oxygens (including phenoxy) is 4. The molecule has 10 nitrogen and oxygen atoms in total. The summed E-state index contributed by atoms with van der Waals surface area (Å²) in [6.07, 6.45) is 0.838. The molecule has 2 atom stereocenters. The Morgan fingerprint density at radius 2 is 0.975 bits per heavy atom. The van der Waals surface area contributed by atoms with E-state index < -0.39 is 36.2 Å². The van der Waals surface area contributed by atoms with E-state index in [9.17, 15) is 19.2 Å². The number of carbonyl (C=O) groups is 4. The molecule has 0 aliphatic carbocycles. The zero-order valence-electron chi connectivity index (χ0n) is 23.3. The zero-order valence-corrected chi connectivity index (χ0v) is 23.3. The molecule has 0 saturated carbocycles. The van der Waals surface area contributed by atoms with Gasteiger partial charge >= 0.3 is 24.1 Å². The number of hydrogen-bond acceptors (Lipinski definition) is 8. The van der Waals surface area contributed by atoms with E-state index in [1.54, 1.807) is 27.7 Å². The minimum absolute atomic E-state index is 0.138. The maximum absolute atomic E-state index is 12.3. The van der Waals surface area contributed by atoms with Crippen LogP contribution in [0.5, 0.6) is 0 Å². The third kappa shape index (κ3) is 14.0. The first-order chi connectivity index (χ1) is 19.1. The Morgan fingerprint density at radius 1 is 0.625 bits per heavy atom. The lowest BCUT2D eigenvalue weighted by atomic mass is 10.1. The molecule has 2 aromatic rings. The molecule has 0 aliphatic rings. The zero-order chi connectivity index (χ0) is 29.3. The Balaban J connectivity index is 1.89. The number of esters is 2. The maximum atomic E-state index is 12.3. The molecule has 2 aromatic carbocycles. The van der Waals surface area contributed by atoms with E-state index in [0.29, 0.717) is 12.8 Å². The van der Waals surface area contributed by atoms with Gasteiger partial charge in [0.15, 0.2) is 0 Å². The van der Waals surface area contributed by atoms with Gasteiger partial charge < -0.3 is 29.6 Å². The molecule has 0 saturated heterocycles. The van der Waals surface area contributed by atoms with Crippen molar-refractivity contribution in [3.63, 3.8) is 0 Å². The van der Waals surface area contributed by atoms with E-state index in [-0.39, 0.29) is 25.4 Å². The van der Waals surface area contributed by atoms with Crippen molar-refractivity contribution in [2.24, 2.45) is 0 Å². The molecule has 0 aromatic heterocycles. The normalized spacial score (nSPS) is 12.4. The fourth-order valence-corrected chi connectivity index (χ4v) is 3.53. The van der Waals surface area contributed by atoms with Gasteiger partial charge in [-0.25, -0.2) is 19.2 Å². The second kappa shape index (κ2) is 17.3. The van der Waals surface area contributed by atoms with E-state index >= 15 is 0 Å². The van der Waals surface area contributed by atoms with Crippen LogP contribution < -0.4 is 10.6 Å². The van der Waals surface area contributed by atoms with Gasteiger partial charge in [0.2, 0.25) is 0 Å². The summed E-state index contributed by atoms with van der Waals surface area (Å²) < 4.78 is 20.8. The van der Waals surface area contributed by atoms with Gasteiger partial charge in [0, 0.05) is 12.2 Å². The van der Waals surface area contributed by atoms with E-state index in [2.05, 4.69) is 10.6 Å². The van der Waals surface area contributed by atoms with Crippen LogP contribution in [0.25, 0.3) is 0 Å². The van der Waals surface area contributed by atoms with Crippen LogP contribution in [-0.2, 0) is 41.4 Å². The minimum Gasteiger partial charge on any atom is -0.460 e. The van der Waals surface area contributed by atoms with Crippen molar-refractivity contribution in [2.45, 2.75) is 64.8 Å². The summed E-state index contributed by atoms with van der Waals surface area (Å²) >= 11 is 0. The summed E-state index contributed by atoms with van der Waals surface area (Å²) in [4.78, 5) is 48.7. The van der Waals surface area contributed by atoms with Crippen molar-refractivity contribution in [3.05, 3.63) is 83.9 Å².